The lowest BCUT2D eigenvalue weighted by Gasteiger charge is -2.23. The minimum absolute atomic E-state index is 0.150. The Bertz CT molecular complexity index is 518. The van der Waals surface area contributed by atoms with Crippen molar-refractivity contribution in [2.75, 3.05) is 26.2 Å². The van der Waals surface area contributed by atoms with Crippen molar-refractivity contribution in [1.82, 2.24) is 4.90 Å². The van der Waals surface area contributed by atoms with Crippen molar-refractivity contribution < 1.29 is 9.47 Å². The summed E-state index contributed by atoms with van der Waals surface area (Å²) in [6, 6.07) is 8.14. The molecule has 0 saturated carbocycles. The third-order valence-corrected chi connectivity index (χ3v) is 4.57. The van der Waals surface area contributed by atoms with Gasteiger partial charge in [0.1, 0.15) is 24.7 Å². The molecule has 0 amide bonds. The van der Waals surface area contributed by atoms with Crippen LogP contribution in [0.5, 0.6) is 5.75 Å². The van der Waals surface area contributed by atoms with Crippen LogP contribution in [0, 0.1) is 12.8 Å². The van der Waals surface area contributed by atoms with E-state index in [2.05, 4.69) is 36.7 Å². The van der Waals surface area contributed by atoms with Gasteiger partial charge in [-0.2, -0.15) is 0 Å². The van der Waals surface area contributed by atoms with Gasteiger partial charge in [-0.05, 0) is 57.4 Å². The van der Waals surface area contributed by atoms with E-state index < -0.39 is 0 Å². The first-order chi connectivity index (χ1) is 11.6. The van der Waals surface area contributed by atoms with Crippen LogP contribution in [0.1, 0.15) is 39.2 Å². The number of aryl methyl sites for hydroxylation is 1. The molecular formula is C20H32N2O2. The van der Waals surface area contributed by atoms with E-state index in [1.54, 1.807) is 0 Å². The number of ether oxygens (including phenoxy) is 2. The number of nitrogens with zero attached hydrogens (tertiary/aromatic N) is 2. The van der Waals surface area contributed by atoms with Crippen LogP contribution < -0.4 is 4.74 Å². The van der Waals surface area contributed by atoms with E-state index in [-0.39, 0.29) is 12.3 Å². The Hall–Kier alpha value is -1.39. The molecule has 3 atom stereocenters. The van der Waals surface area contributed by atoms with Crippen LogP contribution >= 0.6 is 0 Å². The van der Waals surface area contributed by atoms with Gasteiger partial charge in [-0.25, -0.2) is 0 Å². The lowest BCUT2D eigenvalue weighted by molar-refractivity contribution is -0.00534. The predicted molar refractivity (Wildman–Crippen MR) is 100 cm³/mol. The van der Waals surface area contributed by atoms with Crippen LogP contribution in [0.25, 0.3) is 0 Å². The van der Waals surface area contributed by atoms with Crippen molar-refractivity contribution in [1.29, 1.82) is 0 Å². The third kappa shape index (κ3) is 5.91. The number of hydrogen-bond donors (Lipinski definition) is 0. The van der Waals surface area contributed by atoms with Crippen LogP contribution in [0.15, 0.2) is 29.3 Å². The average Bonchev–Trinajstić information content (AvgIpc) is 2.91. The van der Waals surface area contributed by atoms with E-state index in [1.165, 1.54) is 12.0 Å². The molecule has 0 aliphatic carbocycles. The van der Waals surface area contributed by atoms with E-state index in [0.717, 1.165) is 31.8 Å². The summed E-state index contributed by atoms with van der Waals surface area (Å²) in [6.45, 7) is 12.1. The highest BCUT2D eigenvalue weighted by Crippen LogP contribution is 2.21. The lowest BCUT2D eigenvalue weighted by Crippen LogP contribution is -2.33. The van der Waals surface area contributed by atoms with Gasteiger partial charge in [0, 0.05) is 19.6 Å². The molecule has 0 spiro atoms. The Morgan fingerprint density at radius 2 is 2.21 bits per heavy atom. The zero-order chi connectivity index (χ0) is 17.4. The first kappa shape index (κ1) is 18.9. The molecule has 0 aromatic heterocycles. The highest BCUT2D eigenvalue weighted by molar-refractivity contribution is 5.53. The molecule has 1 aromatic carbocycles. The van der Waals surface area contributed by atoms with Crippen LogP contribution in [0.4, 0.5) is 0 Å². The molecule has 4 nitrogen and oxygen atoms in total. The monoisotopic (exact) mass is 332 g/mol. The Morgan fingerprint density at radius 1 is 1.42 bits per heavy atom. The molecule has 1 fully saturated rings. The molecule has 3 unspecified atom stereocenters. The standard InChI is InChI=1S/C20H32N2O2/c1-5-21-12-8-9-16(2)13-22-14-19(24-18(22)4)15-23-20-11-7-6-10-17(20)3/h5-7,10-11,16,18-19H,8-9,12-15H2,1-4H3. The second kappa shape index (κ2) is 9.80. The van der Waals surface area contributed by atoms with Crippen molar-refractivity contribution in [2.24, 2.45) is 10.9 Å². The highest BCUT2D eigenvalue weighted by Gasteiger charge is 2.30. The van der Waals surface area contributed by atoms with Crippen molar-refractivity contribution in [2.45, 2.75) is 52.9 Å². The topological polar surface area (TPSA) is 34.1 Å². The van der Waals surface area contributed by atoms with E-state index in [0.29, 0.717) is 12.5 Å². The average molecular weight is 332 g/mol. The second-order valence-corrected chi connectivity index (χ2v) is 6.80. The molecule has 0 bridgehead atoms. The zero-order valence-electron chi connectivity index (χ0n) is 15.6. The molecule has 4 heteroatoms. The van der Waals surface area contributed by atoms with Gasteiger partial charge in [0.2, 0.25) is 0 Å². The molecule has 0 N–H and O–H groups in total. The molecule has 1 saturated heterocycles. The maximum atomic E-state index is 6.06. The van der Waals surface area contributed by atoms with Gasteiger partial charge in [0.25, 0.3) is 0 Å². The summed E-state index contributed by atoms with van der Waals surface area (Å²) in [7, 11) is 0. The maximum Gasteiger partial charge on any atom is 0.122 e. The largest absolute Gasteiger partial charge is 0.491 e. The number of rotatable bonds is 9. The molecule has 134 valence electrons. The van der Waals surface area contributed by atoms with Crippen LogP contribution in [0.2, 0.25) is 0 Å². The van der Waals surface area contributed by atoms with Crippen molar-refractivity contribution >= 4 is 6.21 Å². The SMILES string of the molecule is CC=NCCCC(C)CN1CC(COc2ccccc2C)OC1C. The van der Waals surface area contributed by atoms with Crippen molar-refractivity contribution in [3.05, 3.63) is 29.8 Å². The molecule has 1 aliphatic rings. The summed E-state index contributed by atoms with van der Waals surface area (Å²) in [5, 5.41) is 0. The summed E-state index contributed by atoms with van der Waals surface area (Å²) in [5.41, 5.74) is 1.17. The number of benzene rings is 1. The second-order valence-electron chi connectivity index (χ2n) is 6.80. The molecule has 2 rings (SSSR count). The van der Waals surface area contributed by atoms with Gasteiger partial charge in [-0.15, -0.1) is 0 Å². The Balaban J connectivity index is 1.72. The van der Waals surface area contributed by atoms with Gasteiger partial charge >= 0.3 is 0 Å². The summed E-state index contributed by atoms with van der Waals surface area (Å²) >= 11 is 0. The quantitative estimate of drug-likeness (QED) is 0.507. The first-order valence-corrected chi connectivity index (χ1v) is 9.12. The van der Waals surface area contributed by atoms with Crippen LogP contribution in [-0.2, 0) is 4.74 Å². The number of aliphatic imine (C=N–C) groups is 1. The van der Waals surface area contributed by atoms with Gasteiger partial charge in [-0.3, -0.25) is 9.89 Å². The summed E-state index contributed by atoms with van der Waals surface area (Å²) in [4.78, 5) is 6.71. The van der Waals surface area contributed by atoms with Gasteiger partial charge in [0.05, 0.1) is 0 Å². The predicted octanol–water partition coefficient (Wildman–Crippen LogP) is 3.93. The van der Waals surface area contributed by atoms with Gasteiger partial charge in [-0.1, -0.05) is 25.1 Å². The minimum atomic E-state index is 0.150. The molecule has 0 radical (unpaired) electrons. The lowest BCUT2D eigenvalue weighted by atomic mass is 10.0. The maximum absolute atomic E-state index is 6.06. The summed E-state index contributed by atoms with van der Waals surface area (Å²) < 4.78 is 12.0. The van der Waals surface area contributed by atoms with Crippen molar-refractivity contribution in [3.8, 4) is 5.75 Å². The number of hydrogen-bond acceptors (Lipinski definition) is 4. The molecule has 1 aromatic rings. The highest BCUT2D eigenvalue weighted by atomic mass is 16.6. The smallest absolute Gasteiger partial charge is 0.122 e. The summed E-state index contributed by atoms with van der Waals surface area (Å²) in [6.07, 6.45) is 4.59. The van der Waals surface area contributed by atoms with E-state index in [9.17, 15) is 0 Å². The Morgan fingerprint density at radius 3 is 2.96 bits per heavy atom. The van der Waals surface area contributed by atoms with Gasteiger partial charge in [0.15, 0.2) is 0 Å². The Labute approximate surface area is 146 Å². The van der Waals surface area contributed by atoms with Crippen molar-refractivity contribution in [3.63, 3.8) is 0 Å². The molecule has 1 aliphatic heterocycles. The molecule has 1 heterocycles. The van der Waals surface area contributed by atoms with E-state index in [1.807, 2.05) is 31.3 Å². The van der Waals surface area contributed by atoms with Crippen LogP contribution in [-0.4, -0.2) is 49.7 Å². The van der Waals surface area contributed by atoms with E-state index in [4.69, 9.17) is 9.47 Å². The molecular weight excluding hydrogens is 300 g/mol. The van der Waals surface area contributed by atoms with Crippen LogP contribution in [0.3, 0.4) is 0 Å². The van der Waals surface area contributed by atoms with E-state index >= 15 is 0 Å². The number of para-hydroxylation sites is 1. The zero-order valence-corrected chi connectivity index (χ0v) is 15.6. The van der Waals surface area contributed by atoms with Gasteiger partial charge < -0.3 is 9.47 Å². The fourth-order valence-electron chi connectivity index (χ4n) is 3.19. The summed E-state index contributed by atoms with van der Waals surface area (Å²) in [5.74, 6) is 1.62. The fraction of sp³-hybridized carbons (Fsp3) is 0.650. The third-order valence-electron chi connectivity index (χ3n) is 4.57. The fourth-order valence-corrected chi connectivity index (χ4v) is 3.19. The normalized spacial score (nSPS) is 23.0. The minimum Gasteiger partial charge on any atom is -0.491 e. The first-order valence-electron chi connectivity index (χ1n) is 9.12. The molecule has 24 heavy (non-hydrogen) atoms. The Kier molecular flexibility index (Phi) is 7.73.